The summed E-state index contributed by atoms with van der Waals surface area (Å²) in [5, 5.41) is 21.1. The fourth-order valence-electron chi connectivity index (χ4n) is 2.74. The van der Waals surface area contributed by atoms with Gasteiger partial charge in [0, 0.05) is 16.3 Å². The molecule has 0 unspecified atom stereocenters. The van der Waals surface area contributed by atoms with Gasteiger partial charge in [-0.05, 0) is 59.3 Å². The van der Waals surface area contributed by atoms with Gasteiger partial charge in [0.2, 0.25) is 0 Å². The van der Waals surface area contributed by atoms with Crippen molar-refractivity contribution in [2.75, 3.05) is 18.5 Å². The number of hydroxylamine groups is 1. The van der Waals surface area contributed by atoms with Crippen LogP contribution in [0.5, 0.6) is 0 Å². The van der Waals surface area contributed by atoms with Crippen LogP contribution >= 0.6 is 22.6 Å². The van der Waals surface area contributed by atoms with Gasteiger partial charge >= 0.3 is 0 Å². The van der Waals surface area contributed by atoms with Crippen LogP contribution in [0.1, 0.15) is 15.9 Å². The molecule has 0 saturated heterocycles. The predicted octanol–water partition coefficient (Wildman–Crippen LogP) is 2.38. The minimum Gasteiger partial charge on any atom is -0.394 e. The topological polar surface area (TPSA) is 109 Å². The number of benzene rings is 2. The standard InChI is InChI=1S/C19H20FIN4O4/c1-10-5-11(21)3-4-14(10)23-17-13(19(28)24-29-8-12(27)7-26)6-15-18(16(17)20)22-9-25(15)2/h3-6,9,12,23,26-27H,7-8H2,1-2H3,(H,24,28)/t12-/m1/s1. The molecule has 29 heavy (non-hydrogen) atoms. The molecule has 4 N–H and O–H groups in total. The lowest BCUT2D eigenvalue weighted by Crippen LogP contribution is -2.30. The molecule has 1 aromatic heterocycles. The van der Waals surface area contributed by atoms with Gasteiger partial charge in [0.1, 0.15) is 18.2 Å². The number of imidazole rings is 1. The highest BCUT2D eigenvalue weighted by molar-refractivity contribution is 14.1. The summed E-state index contributed by atoms with van der Waals surface area (Å²) in [6, 6.07) is 7.11. The average molecular weight is 514 g/mol. The quantitative estimate of drug-likeness (QED) is 0.285. The van der Waals surface area contributed by atoms with Crippen molar-refractivity contribution in [3.05, 3.63) is 51.1 Å². The summed E-state index contributed by atoms with van der Waals surface area (Å²) in [6.45, 7) is 1.06. The molecule has 1 heterocycles. The number of anilines is 2. The molecule has 0 radical (unpaired) electrons. The van der Waals surface area contributed by atoms with E-state index in [-0.39, 0.29) is 23.4 Å². The molecule has 0 aliphatic rings. The summed E-state index contributed by atoms with van der Waals surface area (Å²) in [4.78, 5) is 21.7. The van der Waals surface area contributed by atoms with Crippen molar-refractivity contribution in [2.24, 2.45) is 7.05 Å². The number of carbonyl (C=O) groups excluding carboxylic acids is 1. The maximum Gasteiger partial charge on any atom is 0.277 e. The summed E-state index contributed by atoms with van der Waals surface area (Å²) in [5.74, 6) is -1.37. The van der Waals surface area contributed by atoms with Crippen LogP contribution in [0.25, 0.3) is 11.0 Å². The van der Waals surface area contributed by atoms with E-state index in [1.54, 1.807) is 17.7 Å². The van der Waals surface area contributed by atoms with Crippen LogP contribution in [0.3, 0.4) is 0 Å². The smallest absolute Gasteiger partial charge is 0.277 e. The number of carbonyl (C=O) groups is 1. The Hall–Kier alpha value is -2.28. The molecule has 10 heteroatoms. The van der Waals surface area contributed by atoms with Gasteiger partial charge in [-0.1, -0.05) is 0 Å². The Morgan fingerprint density at radius 2 is 2.17 bits per heavy atom. The van der Waals surface area contributed by atoms with E-state index in [1.165, 1.54) is 12.4 Å². The van der Waals surface area contributed by atoms with E-state index in [0.717, 1.165) is 9.13 Å². The van der Waals surface area contributed by atoms with Crippen molar-refractivity contribution in [2.45, 2.75) is 13.0 Å². The Labute approximate surface area is 179 Å². The zero-order valence-corrected chi connectivity index (χ0v) is 17.9. The van der Waals surface area contributed by atoms with Gasteiger partial charge < -0.3 is 20.1 Å². The summed E-state index contributed by atoms with van der Waals surface area (Å²) < 4.78 is 17.9. The maximum absolute atomic E-state index is 15.3. The normalized spacial score (nSPS) is 12.2. The molecule has 154 valence electrons. The summed E-state index contributed by atoms with van der Waals surface area (Å²) in [6.07, 6.45) is 0.322. The first kappa shape index (κ1) is 21.4. The summed E-state index contributed by atoms with van der Waals surface area (Å²) in [7, 11) is 1.70. The van der Waals surface area contributed by atoms with Gasteiger partial charge in [0.15, 0.2) is 5.82 Å². The molecule has 1 amide bonds. The number of halogens is 2. The molecule has 0 saturated carbocycles. The molecule has 1 atom stereocenters. The van der Waals surface area contributed by atoms with E-state index in [4.69, 9.17) is 9.94 Å². The number of nitrogens with zero attached hydrogens (tertiary/aromatic N) is 2. The van der Waals surface area contributed by atoms with Crippen molar-refractivity contribution in [1.29, 1.82) is 0 Å². The molecular weight excluding hydrogens is 494 g/mol. The first-order chi connectivity index (χ1) is 13.8. The van der Waals surface area contributed by atoms with E-state index >= 15 is 4.39 Å². The number of aromatic nitrogens is 2. The third-order valence-corrected chi connectivity index (χ3v) is 4.98. The molecule has 0 aliphatic heterocycles. The van der Waals surface area contributed by atoms with Crippen LogP contribution in [-0.4, -0.2) is 45.0 Å². The van der Waals surface area contributed by atoms with Crippen molar-refractivity contribution >= 4 is 50.9 Å². The van der Waals surface area contributed by atoms with Gasteiger partial charge in [-0.15, -0.1) is 0 Å². The van der Waals surface area contributed by atoms with Crippen LogP contribution in [0.2, 0.25) is 0 Å². The Bertz CT molecular complexity index is 1060. The van der Waals surface area contributed by atoms with Crippen LogP contribution in [0.15, 0.2) is 30.6 Å². The third kappa shape index (κ3) is 4.66. The van der Waals surface area contributed by atoms with Gasteiger partial charge in [-0.2, -0.15) is 0 Å². The van der Waals surface area contributed by atoms with E-state index in [1.807, 2.05) is 19.1 Å². The van der Waals surface area contributed by atoms with E-state index in [2.05, 4.69) is 38.4 Å². The van der Waals surface area contributed by atoms with Gasteiger partial charge in [-0.25, -0.2) is 14.9 Å². The number of aliphatic hydroxyl groups is 2. The lowest BCUT2D eigenvalue weighted by Gasteiger charge is -2.16. The number of amides is 1. The van der Waals surface area contributed by atoms with Crippen LogP contribution in [-0.2, 0) is 11.9 Å². The molecule has 8 nitrogen and oxygen atoms in total. The number of hydrogen-bond donors (Lipinski definition) is 4. The van der Waals surface area contributed by atoms with Crippen molar-refractivity contribution < 1.29 is 24.2 Å². The van der Waals surface area contributed by atoms with Crippen molar-refractivity contribution in [1.82, 2.24) is 15.0 Å². The van der Waals surface area contributed by atoms with Crippen LogP contribution < -0.4 is 10.8 Å². The fraction of sp³-hybridized carbons (Fsp3) is 0.263. The molecule has 0 spiro atoms. The highest BCUT2D eigenvalue weighted by Gasteiger charge is 2.22. The number of hydrogen-bond acceptors (Lipinski definition) is 6. The second-order valence-corrected chi connectivity index (χ2v) is 7.74. The van der Waals surface area contributed by atoms with Gasteiger partial charge in [0.05, 0.1) is 29.7 Å². The van der Waals surface area contributed by atoms with Gasteiger partial charge in [0.25, 0.3) is 5.91 Å². The molecular formula is C19H20FIN4O4. The number of fused-ring (bicyclic) bond motifs is 1. The van der Waals surface area contributed by atoms with E-state index in [0.29, 0.717) is 11.2 Å². The monoisotopic (exact) mass is 514 g/mol. The van der Waals surface area contributed by atoms with Gasteiger partial charge in [-0.3, -0.25) is 9.63 Å². The highest BCUT2D eigenvalue weighted by Crippen LogP contribution is 2.32. The Morgan fingerprint density at radius 1 is 1.41 bits per heavy atom. The average Bonchev–Trinajstić information content (AvgIpc) is 3.06. The molecule has 3 aromatic rings. The van der Waals surface area contributed by atoms with Crippen LogP contribution in [0, 0.1) is 16.3 Å². The number of nitrogens with one attached hydrogen (secondary N) is 2. The molecule has 0 fully saturated rings. The Balaban J connectivity index is 2.00. The SMILES string of the molecule is Cc1cc(I)ccc1Nc1c(C(=O)NOC[C@H](O)CO)cc2c(ncn2C)c1F. The second kappa shape index (κ2) is 9.03. The Morgan fingerprint density at radius 3 is 2.86 bits per heavy atom. The minimum atomic E-state index is -1.14. The molecule has 3 rings (SSSR count). The van der Waals surface area contributed by atoms with E-state index in [9.17, 15) is 9.90 Å². The molecule has 0 bridgehead atoms. The van der Waals surface area contributed by atoms with Crippen molar-refractivity contribution in [3.63, 3.8) is 0 Å². The number of aliphatic hydroxyl groups excluding tert-OH is 2. The zero-order chi connectivity index (χ0) is 21.1. The maximum atomic E-state index is 15.3. The third-order valence-electron chi connectivity index (χ3n) is 4.30. The summed E-state index contributed by atoms with van der Waals surface area (Å²) >= 11 is 2.18. The lowest BCUT2D eigenvalue weighted by molar-refractivity contribution is -0.0295. The summed E-state index contributed by atoms with van der Waals surface area (Å²) in [5.41, 5.74) is 4.23. The van der Waals surface area contributed by atoms with Crippen LogP contribution in [0.4, 0.5) is 15.8 Å². The highest BCUT2D eigenvalue weighted by atomic mass is 127. The van der Waals surface area contributed by atoms with Crippen molar-refractivity contribution in [3.8, 4) is 0 Å². The first-order valence-corrected chi connectivity index (χ1v) is 9.77. The largest absolute Gasteiger partial charge is 0.394 e. The number of rotatable bonds is 7. The minimum absolute atomic E-state index is 0.00929. The fourth-order valence-corrected chi connectivity index (χ4v) is 3.39. The van der Waals surface area contributed by atoms with E-state index < -0.39 is 24.4 Å². The zero-order valence-electron chi connectivity index (χ0n) is 15.7. The number of aryl methyl sites for hydroxylation is 2. The molecule has 0 aliphatic carbocycles. The second-order valence-electron chi connectivity index (χ2n) is 6.50. The lowest BCUT2D eigenvalue weighted by atomic mass is 10.1. The predicted molar refractivity (Wildman–Crippen MR) is 114 cm³/mol. The Kier molecular flexibility index (Phi) is 6.67. The molecule has 2 aromatic carbocycles. The first-order valence-electron chi connectivity index (χ1n) is 8.69.